The van der Waals surface area contributed by atoms with E-state index >= 15 is 0 Å². The third-order valence-electron chi connectivity index (χ3n) is 3.73. The molecule has 1 aliphatic heterocycles. The quantitative estimate of drug-likeness (QED) is 0.935. The van der Waals surface area contributed by atoms with Crippen LogP contribution in [-0.2, 0) is 16.6 Å². The van der Waals surface area contributed by atoms with Gasteiger partial charge in [0.15, 0.2) is 0 Å². The number of fused-ring (bicyclic) bond motifs is 1. The Morgan fingerprint density at radius 3 is 2.80 bits per heavy atom. The Morgan fingerprint density at radius 2 is 2.15 bits per heavy atom. The molecule has 0 spiro atoms. The van der Waals surface area contributed by atoms with Crippen LogP contribution in [0, 0.1) is 0 Å². The van der Waals surface area contributed by atoms with E-state index in [0.717, 1.165) is 26.2 Å². The van der Waals surface area contributed by atoms with E-state index in [2.05, 4.69) is 5.32 Å². The van der Waals surface area contributed by atoms with Crippen molar-refractivity contribution in [3.8, 4) is 5.75 Å². The van der Waals surface area contributed by atoms with Gasteiger partial charge in [-0.05, 0) is 42.8 Å². The lowest BCUT2D eigenvalue weighted by atomic mass is 9.80. The summed E-state index contributed by atoms with van der Waals surface area (Å²) >= 11 is 7.49. The summed E-state index contributed by atoms with van der Waals surface area (Å²) in [6, 6.07) is 9.52. The highest BCUT2D eigenvalue weighted by molar-refractivity contribution is 7.16. The molecule has 1 aromatic carbocycles. The Kier molecular flexibility index (Phi) is 3.22. The maximum Gasteiger partial charge on any atom is 0.235 e. The van der Waals surface area contributed by atoms with Gasteiger partial charge in [-0.2, -0.15) is 0 Å². The average Bonchev–Trinajstić information content (AvgIpc) is 2.93. The third kappa shape index (κ3) is 2.09. The van der Waals surface area contributed by atoms with Crippen LogP contribution >= 0.6 is 22.9 Å². The summed E-state index contributed by atoms with van der Waals surface area (Å²) in [5, 5.41) is 2.94. The Hall–Kier alpha value is -1.52. The summed E-state index contributed by atoms with van der Waals surface area (Å²) in [4.78, 5) is 13.5. The predicted molar refractivity (Wildman–Crippen MR) is 82.0 cm³/mol. The number of rotatable bonds is 3. The number of ether oxygens (including phenoxy) is 1. The summed E-state index contributed by atoms with van der Waals surface area (Å²) < 4.78 is 6.01. The van der Waals surface area contributed by atoms with Crippen molar-refractivity contribution in [2.75, 3.05) is 12.4 Å². The number of methoxy groups -OCH3 is 1. The number of hydrogen-bond acceptors (Lipinski definition) is 3. The fourth-order valence-corrected chi connectivity index (χ4v) is 3.81. The van der Waals surface area contributed by atoms with Crippen LogP contribution < -0.4 is 10.1 Å². The average molecular weight is 308 g/mol. The molecule has 3 nitrogen and oxygen atoms in total. The van der Waals surface area contributed by atoms with Crippen molar-refractivity contribution < 1.29 is 9.53 Å². The number of carbonyl (C=O) groups excluding carboxylic acids is 1. The Bertz CT molecular complexity index is 682. The van der Waals surface area contributed by atoms with Crippen molar-refractivity contribution >= 4 is 34.5 Å². The lowest BCUT2D eigenvalue weighted by molar-refractivity contribution is -0.120. The van der Waals surface area contributed by atoms with E-state index in [0.29, 0.717) is 6.42 Å². The minimum atomic E-state index is -0.585. The first kappa shape index (κ1) is 13.5. The summed E-state index contributed by atoms with van der Waals surface area (Å²) in [6.07, 6.45) is 0.635. The molecule has 1 aliphatic rings. The van der Waals surface area contributed by atoms with Crippen molar-refractivity contribution in [2.24, 2.45) is 0 Å². The van der Waals surface area contributed by atoms with Gasteiger partial charge in [0.2, 0.25) is 5.91 Å². The van der Waals surface area contributed by atoms with E-state index in [1.807, 2.05) is 37.3 Å². The monoisotopic (exact) mass is 307 g/mol. The molecule has 0 saturated carbocycles. The maximum absolute atomic E-state index is 12.4. The molecular formula is C15H14ClNO2S. The standard InChI is InChI=1S/C15H14ClNO2S/c1-15(8-10-4-6-13(16)20-10)11-7-9(19-2)3-5-12(11)17-14(15)18/h3-7H,8H2,1-2H3,(H,17,18). The van der Waals surface area contributed by atoms with Crippen molar-refractivity contribution in [1.29, 1.82) is 0 Å². The number of amides is 1. The number of nitrogens with one attached hydrogen (secondary N) is 1. The molecular weight excluding hydrogens is 294 g/mol. The lowest BCUT2D eigenvalue weighted by Gasteiger charge is -2.21. The summed E-state index contributed by atoms with van der Waals surface area (Å²) in [5.41, 5.74) is 1.25. The van der Waals surface area contributed by atoms with Crippen molar-refractivity contribution in [2.45, 2.75) is 18.8 Å². The van der Waals surface area contributed by atoms with Gasteiger partial charge < -0.3 is 10.1 Å². The first-order valence-corrected chi connectivity index (χ1v) is 7.46. The van der Waals surface area contributed by atoms with Gasteiger partial charge in [-0.1, -0.05) is 11.6 Å². The van der Waals surface area contributed by atoms with Crippen LogP contribution in [0.15, 0.2) is 30.3 Å². The zero-order chi connectivity index (χ0) is 14.3. The topological polar surface area (TPSA) is 38.3 Å². The number of halogens is 1. The highest BCUT2D eigenvalue weighted by Gasteiger charge is 2.43. The second kappa shape index (κ2) is 4.79. The molecule has 20 heavy (non-hydrogen) atoms. The van der Waals surface area contributed by atoms with Gasteiger partial charge >= 0.3 is 0 Å². The molecule has 104 valence electrons. The van der Waals surface area contributed by atoms with Crippen molar-refractivity contribution in [1.82, 2.24) is 0 Å². The number of carbonyl (C=O) groups is 1. The maximum atomic E-state index is 12.4. The van der Waals surface area contributed by atoms with Gasteiger partial charge in [0.25, 0.3) is 0 Å². The molecule has 3 rings (SSSR count). The number of thiophene rings is 1. The Morgan fingerprint density at radius 1 is 1.35 bits per heavy atom. The van der Waals surface area contributed by atoms with Crippen LogP contribution in [0.2, 0.25) is 4.34 Å². The van der Waals surface area contributed by atoms with Gasteiger partial charge in [-0.15, -0.1) is 11.3 Å². The molecule has 2 aromatic rings. The van der Waals surface area contributed by atoms with Crippen LogP contribution in [0.3, 0.4) is 0 Å². The third-order valence-corrected chi connectivity index (χ3v) is 4.96. The predicted octanol–water partition coefficient (Wildman–Crippen LogP) is 3.86. The zero-order valence-electron chi connectivity index (χ0n) is 11.2. The van der Waals surface area contributed by atoms with Gasteiger partial charge in [-0.3, -0.25) is 4.79 Å². The van der Waals surface area contributed by atoms with E-state index in [9.17, 15) is 4.79 Å². The second-order valence-corrected chi connectivity index (χ2v) is 6.88. The second-order valence-electron chi connectivity index (χ2n) is 5.08. The number of anilines is 1. The molecule has 1 N–H and O–H groups in total. The summed E-state index contributed by atoms with van der Waals surface area (Å²) in [7, 11) is 1.63. The zero-order valence-corrected chi connectivity index (χ0v) is 12.8. The smallest absolute Gasteiger partial charge is 0.235 e. The van der Waals surface area contributed by atoms with E-state index in [1.165, 1.54) is 11.3 Å². The normalized spacial score (nSPS) is 20.6. The van der Waals surface area contributed by atoms with Crippen LogP contribution in [0.1, 0.15) is 17.4 Å². The highest BCUT2D eigenvalue weighted by Crippen LogP contribution is 2.42. The number of hydrogen-bond donors (Lipinski definition) is 1. The Labute approximate surface area is 126 Å². The van der Waals surface area contributed by atoms with E-state index in [-0.39, 0.29) is 5.91 Å². The van der Waals surface area contributed by atoms with Gasteiger partial charge in [-0.25, -0.2) is 0 Å². The largest absolute Gasteiger partial charge is 0.497 e. The van der Waals surface area contributed by atoms with Crippen LogP contribution in [-0.4, -0.2) is 13.0 Å². The molecule has 0 bridgehead atoms. The SMILES string of the molecule is COc1ccc2c(c1)C(C)(Cc1ccc(Cl)s1)C(=O)N2. The molecule has 1 amide bonds. The van der Waals surface area contributed by atoms with Crippen LogP contribution in [0.4, 0.5) is 5.69 Å². The number of benzene rings is 1. The summed E-state index contributed by atoms with van der Waals surface area (Å²) in [5.74, 6) is 0.779. The van der Waals surface area contributed by atoms with Gasteiger partial charge in [0.05, 0.1) is 16.9 Å². The fraction of sp³-hybridized carbons (Fsp3) is 0.267. The molecule has 0 saturated heterocycles. The molecule has 1 atom stereocenters. The minimum absolute atomic E-state index is 0.0188. The van der Waals surface area contributed by atoms with Crippen LogP contribution in [0.25, 0.3) is 0 Å². The van der Waals surface area contributed by atoms with Gasteiger partial charge in [0.1, 0.15) is 5.75 Å². The fourth-order valence-electron chi connectivity index (χ4n) is 2.57. The first-order chi connectivity index (χ1) is 9.53. The van der Waals surface area contributed by atoms with Crippen molar-refractivity contribution in [3.05, 3.63) is 45.1 Å². The molecule has 2 heterocycles. The molecule has 0 aliphatic carbocycles. The van der Waals surface area contributed by atoms with Gasteiger partial charge in [0, 0.05) is 17.0 Å². The highest BCUT2D eigenvalue weighted by atomic mass is 35.5. The lowest BCUT2D eigenvalue weighted by Crippen LogP contribution is -2.33. The molecule has 5 heteroatoms. The summed E-state index contributed by atoms with van der Waals surface area (Å²) in [6.45, 7) is 1.96. The molecule has 1 unspecified atom stereocenters. The molecule has 0 radical (unpaired) electrons. The first-order valence-electron chi connectivity index (χ1n) is 6.27. The van der Waals surface area contributed by atoms with Crippen molar-refractivity contribution in [3.63, 3.8) is 0 Å². The minimum Gasteiger partial charge on any atom is -0.497 e. The molecule has 0 fully saturated rings. The van der Waals surface area contributed by atoms with E-state index in [4.69, 9.17) is 16.3 Å². The Balaban J connectivity index is 2.03. The van der Waals surface area contributed by atoms with Crippen LogP contribution in [0.5, 0.6) is 5.75 Å². The van der Waals surface area contributed by atoms with E-state index < -0.39 is 5.41 Å². The van der Waals surface area contributed by atoms with E-state index in [1.54, 1.807) is 7.11 Å². The molecule has 1 aromatic heterocycles.